The Kier molecular flexibility index (Phi) is 4.52. The third kappa shape index (κ3) is 3.84. The number of hydrogen-bond donors (Lipinski definition) is 2. The number of carboxylic acids is 1. The molecule has 2 unspecified atom stereocenters. The molecule has 2 atom stereocenters. The van der Waals surface area contributed by atoms with Crippen molar-refractivity contribution in [3.8, 4) is 0 Å². The van der Waals surface area contributed by atoms with E-state index in [0.717, 1.165) is 6.42 Å². The molecular formula is C12H20N2O5S. The van der Waals surface area contributed by atoms with E-state index in [4.69, 9.17) is 5.11 Å². The smallest absolute Gasteiger partial charge is 0.317 e. The first kappa shape index (κ1) is 15.1. The first-order chi connectivity index (χ1) is 9.37. The molecule has 2 N–H and O–H groups in total. The van der Waals surface area contributed by atoms with E-state index in [0.29, 0.717) is 25.9 Å². The van der Waals surface area contributed by atoms with E-state index in [-0.39, 0.29) is 35.9 Å². The van der Waals surface area contributed by atoms with Gasteiger partial charge in [0, 0.05) is 19.1 Å². The molecule has 2 heterocycles. The molecule has 2 fully saturated rings. The van der Waals surface area contributed by atoms with Gasteiger partial charge in [-0.25, -0.2) is 13.2 Å². The quantitative estimate of drug-likeness (QED) is 0.765. The number of nitrogens with zero attached hydrogens (tertiary/aromatic N) is 1. The molecule has 2 aliphatic heterocycles. The van der Waals surface area contributed by atoms with Gasteiger partial charge >= 0.3 is 12.0 Å². The van der Waals surface area contributed by atoms with Gasteiger partial charge in [-0.1, -0.05) is 0 Å². The van der Waals surface area contributed by atoms with Crippen molar-refractivity contribution in [2.45, 2.75) is 31.7 Å². The van der Waals surface area contributed by atoms with Gasteiger partial charge in [-0.05, 0) is 25.2 Å². The highest BCUT2D eigenvalue weighted by Crippen LogP contribution is 2.21. The molecule has 0 radical (unpaired) electrons. The molecule has 0 aromatic carbocycles. The van der Waals surface area contributed by atoms with Gasteiger partial charge in [0.05, 0.1) is 17.9 Å². The Hall–Kier alpha value is -1.31. The van der Waals surface area contributed by atoms with E-state index < -0.39 is 15.8 Å². The Labute approximate surface area is 118 Å². The summed E-state index contributed by atoms with van der Waals surface area (Å²) >= 11 is 0. The Balaban J connectivity index is 1.81. The van der Waals surface area contributed by atoms with Crippen LogP contribution < -0.4 is 5.32 Å². The van der Waals surface area contributed by atoms with Crippen molar-refractivity contribution in [1.29, 1.82) is 0 Å². The first-order valence-corrected chi connectivity index (χ1v) is 8.66. The average molecular weight is 304 g/mol. The zero-order valence-corrected chi connectivity index (χ0v) is 12.1. The second-order valence-corrected chi connectivity index (χ2v) is 7.77. The van der Waals surface area contributed by atoms with Crippen LogP contribution in [0.25, 0.3) is 0 Å². The van der Waals surface area contributed by atoms with Gasteiger partial charge in [-0.15, -0.1) is 0 Å². The van der Waals surface area contributed by atoms with Crippen molar-refractivity contribution in [1.82, 2.24) is 10.2 Å². The van der Waals surface area contributed by atoms with Crippen LogP contribution in [0, 0.1) is 5.92 Å². The van der Waals surface area contributed by atoms with Gasteiger partial charge in [0.15, 0.2) is 9.84 Å². The zero-order chi connectivity index (χ0) is 14.8. The summed E-state index contributed by atoms with van der Waals surface area (Å²) in [6, 6.07) is -0.530. The van der Waals surface area contributed by atoms with Crippen molar-refractivity contribution in [3.05, 3.63) is 0 Å². The second kappa shape index (κ2) is 5.99. The van der Waals surface area contributed by atoms with Crippen LogP contribution in [0.2, 0.25) is 0 Å². The number of carbonyl (C=O) groups is 2. The molecule has 0 aromatic heterocycles. The fourth-order valence-electron chi connectivity index (χ4n) is 2.88. The van der Waals surface area contributed by atoms with E-state index in [2.05, 4.69) is 5.32 Å². The maximum absolute atomic E-state index is 12.0. The number of hydrogen-bond acceptors (Lipinski definition) is 4. The second-order valence-electron chi connectivity index (χ2n) is 5.54. The summed E-state index contributed by atoms with van der Waals surface area (Å²) in [5.74, 6) is -0.605. The van der Waals surface area contributed by atoms with Gasteiger partial charge < -0.3 is 15.3 Å². The Morgan fingerprint density at radius 2 is 2.05 bits per heavy atom. The minimum atomic E-state index is -2.93. The van der Waals surface area contributed by atoms with Crippen LogP contribution in [-0.4, -0.2) is 61.1 Å². The molecule has 0 bridgehead atoms. The Bertz CT molecular complexity index is 490. The molecule has 0 aromatic rings. The molecule has 0 spiro atoms. The third-order valence-electron chi connectivity index (χ3n) is 3.92. The number of likely N-dealkylation sites (tertiary alicyclic amines) is 1. The number of carboxylic acid groups (broad SMARTS) is 1. The number of sulfone groups is 1. The molecule has 0 aliphatic carbocycles. The van der Waals surface area contributed by atoms with E-state index in [1.807, 2.05) is 0 Å². The fraction of sp³-hybridized carbons (Fsp3) is 0.833. The average Bonchev–Trinajstić information content (AvgIpc) is 2.92. The maximum atomic E-state index is 12.0. The molecule has 2 amide bonds. The summed E-state index contributed by atoms with van der Waals surface area (Å²) in [6.45, 7) is 0.904. The van der Waals surface area contributed by atoms with Crippen LogP contribution in [-0.2, 0) is 14.6 Å². The SMILES string of the molecule is O=C(O)CC1CCCN1C(=O)NCC1CCS(=O)(=O)C1. The summed E-state index contributed by atoms with van der Waals surface area (Å²) in [7, 11) is -2.93. The molecule has 2 saturated heterocycles. The van der Waals surface area contributed by atoms with Crippen LogP contribution in [0.5, 0.6) is 0 Å². The summed E-state index contributed by atoms with van der Waals surface area (Å²) in [5.41, 5.74) is 0. The molecular weight excluding hydrogens is 284 g/mol. The van der Waals surface area contributed by atoms with Crippen molar-refractivity contribution >= 4 is 21.8 Å². The zero-order valence-electron chi connectivity index (χ0n) is 11.2. The minimum absolute atomic E-state index is 0.0236. The minimum Gasteiger partial charge on any atom is -0.481 e. The maximum Gasteiger partial charge on any atom is 0.317 e. The summed E-state index contributed by atoms with van der Waals surface area (Å²) in [5, 5.41) is 11.5. The van der Waals surface area contributed by atoms with Gasteiger partial charge in [0.25, 0.3) is 0 Å². The molecule has 8 heteroatoms. The predicted octanol–water partition coefficient (Wildman–Crippen LogP) is 0.0698. The molecule has 7 nitrogen and oxygen atoms in total. The summed E-state index contributed by atoms with van der Waals surface area (Å²) < 4.78 is 22.7. The molecule has 0 saturated carbocycles. The third-order valence-corrected chi connectivity index (χ3v) is 5.75. The lowest BCUT2D eigenvalue weighted by Gasteiger charge is -2.24. The van der Waals surface area contributed by atoms with Crippen molar-refractivity contribution < 1.29 is 23.1 Å². The van der Waals surface area contributed by atoms with Gasteiger partial charge in [-0.2, -0.15) is 0 Å². The van der Waals surface area contributed by atoms with Crippen molar-refractivity contribution in [3.63, 3.8) is 0 Å². The van der Waals surface area contributed by atoms with Crippen LogP contribution in [0.15, 0.2) is 0 Å². The number of rotatable bonds is 4. The van der Waals surface area contributed by atoms with Gasteiger partial charge in [0.1, 0.15) is 0 Å². The van der Waals surface area contributed by atoms with Crippen molar-refractivity contribution in [2.75, 3.05) is 24.6 Å². The number of nitrogens with one attached hydrogen (secondary N) is 1. The van der Waals surface area contributed by atoms with Crippen LogP contribution in [0.3, 0.4) is 0 Å². The molecule has 20 heavy (non-hydrogen) atoms. The number of amides is 2. The van der Waals surface area contributed by atoms with Crippen LogP contribution >= 0.6 is 0 Å². The highest BCUT2D eigenvalue weighted by molar-refractivity contribution is 7.91. The summed E-state index contributed by atoms with van der Waals surface area (Å²) in [6.07, 6.45) is 2.06. The van der Waals surface area contributed by atoms with E-state index in [9.17, 15) is 18.0 Å². The normalized spacial score (nSPS) is 28.5. The van der Waals surface area contributed by atoms with Crippen molar-refractivity contribution in [2.24, 2.45) is 5.92 Å². The molecule has 2 aliphatic rings. The monoisotopic (exact) mass is 304 g/mol. The van der Waals surface area contributed by atoms with Crippen LogP contribution in [0.4, 0.5) is 4.79 Å². The lowest BCUT2D eigenvalue weighted by atomic mass is 10.1. The lowest BCUT2D eigenvalue weighted by molar-refractivity contribution is -0.137. The van der Waals surface area contributed by atoms with Crippen LogP contribution in [0.1, 0.15) is 25.7 Å². The number of urea groups is 1. The fourth-order valence-corrected chi connectivity index (χ4v) is 4.74. The first-order valence-electron chi connectivity index (χ1n) is 6.84. The lowest BCUT2D eigenvalue weighted by Crippen LogP contribution is -2.45. The van der Waals surface area contributed by atoms with E-state index in [1.54, 1.807) is 4.90 Å². The molecule has 2 rings (SSSR count). The van der Waals surface area contributed by atoms with Gasteiger partial charge in [-0.3, -0.25) is 4.79 Å². The standard InChI is InChI=1S/C12H20N2O5S/c15-11(16)6-10-2-1-4-14(10)12(17)13-7-9-3-5-20(18,19)8-9/h9-10H,1-8H2,(H,13,17)(H,15,16). The number of carbonyl (C=O) groups excluding carboxylic acids is 1. The number of aliphatic carboxylic acids is 1. The summed E-state index contributed by atoms with van der Waals surface area (Å²) in [4.78, 5) is 24.3. The highest BCUT2D eigenvalue weighted by atomic mass is 32.2. The van der Waals surface area contributed by atoms with E-state index in [1.165, 1.54) is 0 Å². The topological polar surface area (TPSA) is 104 Å². The largest absolute Gasteiger partial charge is 0.481 e. The molecule has 114 valence electrons. The van der Waals surface area contributed by atoms with Gasteiger partial charge in [0.2, 0.25) is 0 Å². The Morgan fingerprint density at radius 3 is 2.65 bits per heavy atom. The van der Waals surface area contributed by atoms with E-state index >= 15 is 0 Å². The Morgan fingerprint density at radius 1 is 1.30 bits per heavy atom. The predicted molar refractivity (Wildman–Crippen MR) is 72.1 cm³/mol. The highest BCUT2D eigenvalue weighted by Gasteiger charge is 2.32.